The smallest absolute Gasteiger partial charge is 0.333 e. The summed E-state index contributed by atoms with van der Waals surface area (Å²) >= 11 is 1.46. The number of carboxylic acids is 1. The van der Waals surface area contributed by atoms with Gasteiger partial charge in [0.2, 0.25) is 6.79 Å². The van der Waals surface area contributed by atoms with E-state index in [0.717, 1.165) is 27.6 Å². The van der Waals surface area contributed by atoms with Gasteiger partial charge >= 0.3 is 17.9 Å². The Labute approximate surface area is 344 Å². The zero-order valence-corrected chi connectivity index (χ0v) is 34.6. The lowest BCUT2D eigenvalue weighted by Gasteiger charge is -2.61. The van der Waals surface area contributed by atoms with Crippen molar-refractivity contribution in [1.82, 2.24) is 20.1 Å². The normalized spacial score (nSPS) is 30.2. The molecule has 1 aromatic heterocycles. The number of carboxylic acid groups (broad SMARTS) is 1. The van der Waals surface area contributed by atoms with Crippen LogP contribution in [0.3, 0.4) is 0 Å². The lowest BCUT2D eigenvalue weighted by Crippen LogP contribution is -2.69. The Kier molecular flexibility index (Phi) is 8.50. The highest BCUT2D eigenvalue weighted by atomic mass is 32.2. The van der Waals surface area contributed by atoms with Crippen LogP contribution in [0.15, 0.2) is 24.3 Å². The van der Waals surface area contributed by atoms with Crippen molar-refractivity contribution in [3.8, 4) is 34.5 Å². The first-order chi connectivity index (χ1) is 28.2. The molecule has 8 aliphatic rings. The SMILES string of the molecule is COc1ccc2[nH]c3c(c2c1)C[C@H](C(=O)O)N[C@]31CS[C@@H]2c3c(OC(C)=O)c(C)c4c(c3[C@H](COC1=O)N1[C@@H]2[C@@H]2c3c(cc(C)c(OC)c3O)CC1(C)CN2C)OCO4. The number of aromatic nitrogens is 1. The minimum absolute atomic E-state index is 0.0158. The summed E-state index contributed by atoms with van der Waals surface area (Å²) in [6.07, 6.45) is 0.676. The number of methoxy groups -OCH3 is 2. The Balaban J connectivity index is 1.25. The highest BCUT2D eigenvalue weighted by Gasteiger charge is 2.63. The summed E-state index contributed by atoms with van der Waals surface area (Å²) < 4.78 is 36.5. The number of aromatic amines is 1. The molecule has 0 amide bonds. The lowest BCUT2D eigenvalue weighted by atomic mass is 9.76. The number of phenols is 1. The molecule has 0 saturated carbocycles. The van der Waals surface area contributed by atoms with Crippen LogP contribution < -0.4 is 29.0 Å². The van der Waals surface area contributed by atoms with Crippen molar-refractivity contribution < 1.29 is 53.0 Å². The molecule has 16 heteroatoms. The number of carbonyl (C=O) groups excluding carboxylic acids is 2. The van der Waals surface area contributed by atoms with Gasteiger partial charge in [-0.2, -0.15) is 0 Å². The number of nitrogens with one attached hydrogen (secondary N) is 2. The molecule has 8 aliphatic heterocycles. The number of nitrogens with zero attached hydrogens (tertiary/aromatic N) is 2. The van der Waals surface area contributed by atoms with Gasteiger partial charge in [0.25, 0.3) is 0 Å². The van der Waals surface area contributed by atoms with Crippen LogP contribution in [0.4, 0.5) is 0 Å². The van der Waals surface area contributed by atoms with E-state index in [1.165, 1.54) is 18.7 Å². The highest BCUT2D eigenvalue weighted by molar-refractivity contribution is 7.99. The molecule has 15 nitrogen and oxygen atoms in total. The van der Waals surface area contributed by atoms with E-state index in [4.69, 9.17) is 28.4 Å². The number of carbonyl (C=O) groups is 3. The van der Waals surface area contributed by atoms with Crippen LogP contribution in [0, 0.1) is 13.8 Å². The van der Waals surface area contributed by atoms with E-state index in [-0.39, 0.29) is 31.3 Å². The third-order valence-corrected chi connectivity index (χ3v) is 14.9. The van der Waals surface area contributed by atoms with E-state index >= 15 is 4.79 Å². The van der Waals surface area contributed by atoms with Crippen molar-refractivity contribution in [3.63, 3.8) is 0 Å². The number of aliphatic carboxylic acids is 1. The molecule has 2 saturated heterocycles. The number of piperazine rings is 1. The van der Waals surface area contributed by atoms with E-state index in [0.29, 0.717) is 69.7 Å². The van der Waals surface area contributed by atoms with Gasteiger partial charge in [0, 0.05) is 70.4 Å². The van der Waals surface area contributed by atoms with Gasteiger partial charge in [0.15, 0.2) is 28.5 Å². The van der Waals surface area contributed by atoms with Crippen molar-refractivity contribution >= 4 is 40.6 Å². The van der Waals surface area contributed by atoms with Gasteiger partial charge in [-0.25, -0.2) is 4.79 Å². The quantitative estimate of drug-likeness (QED) is 0.164. The van der Waals surface area contributed by atoms with Gasteiger partial charge in [0.1, 0.15) is 24.1 Å². The zero-order valence-electron chi connectivity index (χ0n) is 33.8. The van der Waals surface area contributed by atoms with Gasteiger partial charge < -0.3 is 43.6 Å². The average molecular weight is 827 g/mol. The third-order valence-electron chi connectivity index (χ3n) is 13.4. The standard InChI is InChI=1S/C43H46N4O11S/c1-18-10-21-13-42(4)15-46(5)31(28(21)33(49)34(18)54-7)32-38-30-29(37-36(56-17-57-37)19(2)35(30)58-20(3)48)27(47(32)42)14-55-41(52)43(16-59-38)39-24(12-26(45-43)40(50)51)23-11-22(53-6)8-9-25(23)44-39/h8-11,26-27,31-32,38,44-45,49H,12-17H2,1-7H3,(H,50,51)/t26-,27+,31+,32-,38-,42?,43-/m1/s1. The first kappa shape index (κ1) is 38.1. The topological polar surface area (TPSA) is 181 Å². The summed E-state index contributed by atoms with van der Waals surface area (Å²) in [6, 6.07) is 5.00. The molecule has 0 aliphatic carbocycles. The zero-order chi connectivity index (χ0) is 41.4. The predicted molar refractivity (Wildman–Crippen MR) is 215 cm³/mol. The maximum absolute atomic E-state index is 15.1. The fraction of sp³-hybridized carbons (Fsp3) is 0.465. The lowest BCUT2D eigenvalue weighted by molar-refractivity contribution is -0.161. The first-order valence-corrected chi connectivity index (χ1v) is 20.8. The number of aryl methyl sites for hydroxylation is 1. The van der Waals surface area contributed by atoms with Gasteiger partial charge in [-0.15, -0.1) is 11.8 Å². The molecule has 3 aromatic carbocycles. The minimum atomic E-state index is -1.65. The second-order valence-electron chi connectivity index (χ2n) is 16.9. The number of rotatable bonds is 4. The molecule has 2 unspecified atom stereocenters. The molecule has 4 bridgehead atoms. The van der Waals surface area contributed by atoms with Crippen LogP contribution in [0.25, 0.3) is 10.9 Å². The number of hydrogen-bond donors (Lipinski definition) is 4. The van der Waals surface area contributed by atoms with E-state index in [2.05, 4.69) is 40.1 Å². The number of fused-ring (bicyclic) bond motifs is 8. The average Bonchev–Trinajstić information content (AvgIpc) is 3.78. The molecule has 8 atom stereocenters. The van der Waals surface area contributed by atoms with E-state index in [9.17, 15) is 19.8 Å². The van der Waals surface area contributed by atoms with Crippen LogP contribution in [-0.2, 0) is 37.5 Å². The highest BCUT2D eigenvalue weighted by Crippen LogP contribution is 2.65. The minimum Gasteiger partial charge on any atom is -0.504 e. The largest absolute Gasteiger partial charge is 0.504 e. The third kappa shape index (κ3) is 5.21. The number of aromatic hydroxyl groups is 1. The van der Waals surface area contributed by atoms with Gasteiger partial charge in [0.05, 0.1) is 37.2 Å². The van der Waals surface area contributed by atoms with Crippen LogP contribution in [0.5, 0.6) is 34.5 Å². The van der Waals surface area contributed by atoms with E-state index in [1.807, 2.05) is 32.0 Å². The molecule has 0 radical (unpaired) electrons. The summed E-state index contributed by atoms with van der Waals surface area (Å²) in [5, 5.41) is 26.3. The van der Waals surface area contributed by atoms with E-state index < -0.39 is 58.4 Å². The molecular weight excluding hydrogens is 781 g/mol. The van der Waals surface area contributed by atoms with Crippen molar-refractivity contribution in [1.29, 1.82) is 0 Å². The van der Waals surface area contributed by atoms with Crippen molar-refractivity contribution in [2.45, 2.75) is 81.0 Å². The maximum Gasteiger partial charge on any atom is 0.333 e. The van der Waals surface area contributed by atoms with Crippen molar-refractivity contribution in [2.75, 3.05) is 47.0 Å². The first-order valence-electron chi connectivity index (χ1n) is 19.7. The number of benzene rings is 3. The molecule has 310 valence electrons. The summed E-state index contributed by atoms with van der Waals surface area (Å²) in [6.45, 7) is 7.75. The second kappa shape index (κ2) is 13.2. The van der Waals surface area contributed by atoms with Crippen molar-refractivity contribution in [3.05, 3.63) is 68.9 Å². The number of esters is 2. The maximum atomic E-state index is 15.1. The summed E-state index contributed by atoms with van der Waals surface area (Å²) in [4.78, 5) is 49.4. The summed E-state index contributed by atoms with van der Waals surface area (Å²) in [5.74, 6) is 0.170. The van der Waals surface area contributed by atoms with E-state index in [1.54, 1.807) is 14.2 Å². The number of ether oxygens (including phenoxy) is 6. The molecule has 9 heterocycles. The number of phenolic OH excluding ortho intramolecular Hbond substituents is 1. The number of H-pyrrole nitrogens is 1. The van der Waals surface area contributed by atoms with Crippen LogP contribution in [0.2, 0.25) is 0 Å². The summed E-state index contributed by atoms with van der Waals surface area (Å²) in [5.41, 5.74) is 4.29. The Morgan fingerprint density at radius 3 is 2.54 bits per heavy atom. The van der Waals surface area contributed by atoms with Crippen molar-refractivity contribution in [2.24, 2.45) is 0 Å². The molecule has 2 fully saturated rings. The fourth-order valence-electron chi connectivity index (χ4n) is 11.3. The van der Waals surface area contributed by atoms with Crippen LogP contribution >= 0.6 is 11.8 Å². The Morgan fingerprint density at radius 1 is 1.03 bits per heavy atom. The Hall–Kier alpha value is -5.16. The van der Waals surface area contributed by atoms with Gasteiger partial charge in [-0.1, -0.05) is 6.07 Å². The number of thioether (sulfide) groups is 1. The second-order valence-corrected chi connectivity index (χ2v) is 18.0. The molecular formula is C43H46N4O11S. The Morgan fingerprint density at radius 2 is 1.81 bits per heavy atom. The molecule has 4 aromatic rings. The Bertz CT molecular complexity index is 2520. The molecule has 1 spiro atoms. The number of hydrogen-bond acceptors (Lipinski definition) is 14. The number of likely N-dealkylation sites (N-methyl/N-ethyl adjacent to an activating group) is 1. The molecule has 4 N–H and O–H groups in total. The molecule has 12 rings (SSSR count). The van der Waals surface area contributed by atoms with Gasteiger partial charge in [-0.3, -0.25) is 24.7 Å². The fourth-order valence-corrected chi connectivity index (χ4v) is 13.0. The van der Waals surface area contributed by atoms with Crippen LogP contribution in [0.1, 0.15) is 75.8 Å². The van der Waals surface area contributed by atoms with Crippen LogP contribution in [-0.4, -0.2) is 107 Å². The summed E-state index contributed by atoms with van der Waals surface area (Å²) in [7, 11) is 5.18. The molecule has 59 heavy (non-hydrogen) atoms. The predicted octanol–water partition coefficient (Wildman–Crippen LogP) is 4.71. The monoisotopic (exact) mass is 826 g/mol. The van der Waals surface area contributed by atoms with Gasteiger partial charge in [-0.05, 0) is 69.1 Å².